The van der Waals surface area contributed by atoms with E-state index in [1.54, 1.807) is 42.8 Å². The lowest BCUT2D eigenvalue weighted by Crippen LogP contribution is -2.12. The van der Waals surface area contributed by atoms with Crippen LogP contribution in [0.3, 0.4) is 0 Å². The maximum Gasteiger partial charge on any atom is 0.255 e. The number of benzene rings is 2. The predicted molar refractivity (Wildman–Crippen MR) is 92.0 cm³/mol. The zero-order valence-corrected chi connectivity index (χ0v) is 13.8. The van der Waals surface area contributed by atoms with Gasteiger partial charge in [-0.1, -0.05) is 0 Å². The number of ether oxygens (including phenoxy) is 1. The Morgan fingerprint density at radius 2 is 2.04 bits per heavy atom. The van der Waals surface area contributed by atoms with Crippen molar-refractivity contribution in [2.45, 2.75) is 13.5 Å². The number of nitrogens with one attached hydrogen (secondary N) is 1. The van der Waals surface area contributed by atoms with Gasteiger partial charge in [-0.25, -0.2) is 9.37 Å². The molecule has 0 bridgehead atoms. The minimum atomic E-state index is -0.327. The summed E-state index contributed by atoms with van der Waals surface area (Å²) in [5.74, 6) is 0.0837. The van der Waals surface area contributed by atoms with Crippen molar-refractivity contribution in [3.05, 3.63) is 76.0 Å². The molecule has 0 aliphatic carbocycles. The van der Waals surface area contributed by atoms with Crippen molar-refractivity contribution in [2.24, 2.45) is 0 Å². The van der Waals surface area contributed by atoms with Crippen LogP contribution in [-0.2, 0) is 6.61 Å². The van der Waals surface area contributed by atoms with Crippen LogP contribution in [0.25, 0.3) is 0 Å². The number of aryl methyl sites for hydroxylation is 1. The topological polar surface area (TPSA) is 51.2 Å². The number of aromatic nitrogens is 1. The van der Waals surface area contributed by atoms with Crippen LogP contribution in [0.15, 0.2) is 53.4 Å². The average Bonchev–Trinajstić information content (AvgIpc) is 3.09. The summed E-state index contributed by atoms with van der Waals surface area (Å²) in [6.45, 7) is 2.14. The summed E-state index contributed by atoms with van der Waals surface area (Å²) in [5, 5.41) is 4.70. The number of nitrogens with zero attached hydrogens (tertiary/aromatic N) is 1. The van der Waals surface area contributed by atoms with Crippen LogP contribution in [0.1, 0.15) is 21.6 Å². The molecule has 0 saturated carbocycles. The van der Waals surface area contributed by atoms with E-state index >= 15 is 0 Å². The standard InChI is InChI=1S/C18H15FN2O2S/c1-12-8-14(19)4-7-17(12)21-18(22)13-2-5-16(6-3-13)23-9-15-10-24-11-20-15/h2-8,10-11H,9H2,1H3,(H,21,22). The van der Waals surface area contributed by atoms with Gasteiger partial charge in [-0.05, 0) is 55.0 Å². The molecule has 0 saturated heterocycles. The molecule has 1 amide bonds. The third kappa shape index (κ3) is 3.97. The Labute approximate surface area is 142 Å². The fourth-order valence-electron chi connectivity index (χ4n) is 2.13. The van der Waals surface area contributed by atoms with Crippen molar-refractivity contribution in [1.82, 2.24) is 4.98 Å². The fourth-order valence-corrected chi connectivity index (χ4v) is 2.67. The molecule has 0 spiro atoms. The molecule has 24 heavy (non-hydrogen) atoms. The first-order valence-electron chi connectivity index (χ1n) is 7.29. The van der Waals surface area contributed by atoms with Crippen LogP contribution in [0.4, 0.5) is 10.1 Å². The highest BCUT2D eigenvalue weighted by Crippen LogP contribution is 2.18. The number of hydrogen-bond acceptors (Lipinski definition) is 4. The van der Waals surface area contributed by atoms with Crippen molar-refractivity contribution in [2.75, 3.05) is 5.32 Å². The van der Waals surface area contributed by atoms with Crippen molar-refractivity contribution in [3.8, 4) is 5.75 Å². The van der Waals surface area contributed by atoms with Crippen LogP contribution in [0.5, 0.6) is 5.75 Å². The number of thiazole rings is 1. The first-order chi connectivity index (χ1) is 11.6. The molecule has 1 heterocycles. The molecule has 0 aliphatic heterocycles. The fraction of sp³-hybridized carbons (Fsp3) is 0.111. The summed E-state index contributed by atoms with van der Waals surface area (Å²) in [5.41, 5.74) is 4.38. The zero-order valence-electron chi connectivity index (χ0n) is 13.0. The first-order valence-corrected chi connectivity index (χ1v) is 8.23. The highest BCUT2D eigenvalue weighted by Gasteiger charge is 2.08. The number of rotatable bonds is 5. The van der Waals surface area contributed by atoms with E-state index in [9.17, 15) is 9.18 Å². The van der Waals surface area contributed by atoms with Gasteiger partial charge < -0.3 is 10.1 Å². The maximum atomic E-state index is 13.1. The normalized spacial score (nSPS) is 10.4. The highest BCUT2D eigenvalue weighted by molar-refractivity contribution is 7.07. The van der Waals surface area contributed by atoms with Gasteiger partial charge in [-0.3, -0.25) is 4.79 Å². The number of anilines is 1. The van der Waals surface area contributed by atoms with E-state index < -0.39 is 0 Å². The maximum absolute atomic E-state index is 13.1. The molecule has 1 aromatic heterocycles. The lowest BCUT2D eigenvalue weighted by Gasteiger charge is -2.09. The van der Waals surface area contributed by atoms with Gasteiger partial charge in [0.2, 0.25) is 0 Å². The summed E-state index contributed by atoms with van der Waals surface area (Å²) in [4.78, 5) is 16.4. The van der Waals surface area contributed by atoms with Crippen molar-refractivity contribution in [1.29, 1.82) is 0 Å². The Hall–Kier alpha value is -2.73. The number of amides is 1. The number of halogens is 1. The predicted octanol–water partition coefficient (Wildman–Crippen LogP) is 4.42. The Morgan fingerprint density at radius 1 is 1.25 bits per heavy atom. The van der Waals surface area contributed by atoms with Crippen LogP contribution in [0, 0.1) is 12.7 Å². The van der Waals surface area contributed by atoms with E-state index in [1.165, 1.54) is 23.5 Å². The summed E-state index contributed by atoms with van der Waals surface area (Å²) < 4.78 is 18.7. The van der Waals surface area contributed by atoms with Crippen molar-refractivity contribution < 1.29 is 13.9 Å². The Morgan fingerprint density at radius 3 is 2.71 bits per heavy atom. The van der Waals surface area contributed by atoms with E-state index in [2.05, 4.69) is 10.3 Å². The first kappa shape index (κ1) is 16.1. The summed E-state index contributed by atoms with van der Waals surface area (Å²) in [6, 6.07) is 11.1. The van der Waals surface area contributed by atoms with E-state index in [1.807, 2.05) is 5.38 Å². The van der Waals surface area contributed by atoms with Gasteiger partial charge in [-0.15, -0.1) is 11.3 Å². The molecule has 122 valence electrons. The largest absolute Gasteiger partial charge is 0.487 e. The molecule has 0 aliphatic rings. The summed E-state index contributed by atoms with van der Waals surface area (Å²) in [6.07, 6.45) is 0. The van der Waals surface area contributed by atoms with Crippen LogP contribution in [0.2, 0.25) is 0 Å². The molecular formula is C18H15FN2O2S. The summed E-state index contributed by atoms with van der Waals surface area (Å²) >= 11 is 1.52. The molecular weight excluding hydrogens is 327 g/mol. The van der Waals surface area contributed by atoms with Crippen LogP contribution < -0.4 is 10.1 Å². The molecule has 0 atom stereocenters. The van der Waals surface area contributed by atoms with Gasteiger partial charge >= 0.3 is 0 Å². The number of hydrogen-bond donors (Lipinski definition) is 1. The Balaban J connectivity index is 1.63. The molecule has 2 aromatic carbocycles. The van der Waals surface area contributed by atoms with Crippen molar-refractivity contribution >= 4 is 22.9 Å². The van der Waals surface area contributed by atoms with Gasteiger partial charge in [0, 0.05) is 16.6 Å². The molecule has 3 rings (SSSR count). The SMILES string of the molecule is Cc1cc(F)ccc1NC(=O)c1ccc(OCc2cscn2)cc1. The molecule has 1 N–H and O–H groups in total. The minimum absolute atomic E-state index is 0.254. The molecule has 0 unspecified atom stereocenters. The van der Waals surface area contributed by atoms with Crippen LogP contribution in [-0.4, -0.2) is 10.9 Å². The zero-order chi connectivity index (χ0) is 16.9. The van der Waals surface area contributed by atoms with Gasteiger partial charge in [0.15, 0.2) is 0 Å². The lowest BCUT2D eigenvalue weighted by molar-refractivity contribution is 0.102. The Kier molecular flexibility index (Phi) is 4.86. The number of carbonyl (C=O) groups excluding carboxylic acids is 1. The lowest BCUT2D eigenvalue weighted by atomic mass is 10.1. The van der Waals surface area contributed by atoms with Crippen molar-refractivity contribution in [3.63, 3.8) is 0 Å². The molecule has 0 fully saturated rings. The smallest absolute Gasteiger partial charge is 0.255 e. The van der Waals surface area contributed by atoms with E-state index in [0.29, 0.717) is 29.2 Å². The van der Waals surface area contributed by atoms with Gasteiger partial charge in [0.25, 0.3) is 5.91 Å². The quantitative estimate of drug-likeness (QED) is 0.747. The van der Waals surface area contributed by atoms with Gasteiger partial charge in [0.1, 0.15) is 18.2 Å². The summed E-state index contributed by atoms with van der Waals surface area (Å²) in [7, 11) is 0. The average molecular weight is 342 g/mol. The Bertz CT molecular complexity index is 833. The van der Waals surface area contributed by atoms with Gasteiger partial charge in [0.05, 0.1) is 11.2 Å². The number of carbonyl (C=O) groups is 1. The second kappa shape index (κ2) is 7.23. The van der Waals surface area contributed by atoms with E-state index in [0.717, 1.165) is 5.69 Å². The highest BCUT2D eigenvalue weighted by atomic mass is 32.1. The monoisotopic (exact) mass is 342 g/mol. The molecule has 3 aromatic rings. The van der Waals surface area contributed by atoms with E-state index in [-0.39, 0.29) is 11.7 Å². The third-order valence-corrected chi connectivity index (χ3v) is 4.06. The molecule has 0 radical (unpaired) electrons. The van der Waals surface area contributed by atoms with E-state index in [4.69, 9.17) is 4.74 Å². The molecule has 4 nitrogen and oxygen atoms in total. The van der Waals surface area contributed by atoms with Crippen LogP contribution >= 0.6 is 11.3 Å². The third-order valence-electron chi connectivity index (χ3n) is 3.42. The van der Waals surface area contributed by atoms with Gasteiger partial charge in [-0.2, -0.15) is 0 Å². The second-order valence-electron chi connectivity index (χ2n) is 5.21. The second-order valence-corrected chi connectivity index (χ2v) is 5.92. The molecule has 6 heteroatoms. The minimum Gasteiger partial charge on any atom is -0.487 e.